The van der Waals surface area contributed by atoms with E-state index >= 15 is 0 Å². The minimum atomic E-state index is -4.14. The molecule has 0 saturated heterocycles. The number of aliphatic hydroxyl groups is 1. The Bertz CT molecular complexity index is 540. The van der Waals surface area contributed by atoms with Crippen LogP contribution in [0.15, 0.2) is 23.1 Å². The molecule has 0 amide bonds. The standard InChI is InChI=1S/C10H13ClF2N2O3S/c11-8-5-7(1-2-9(8)14)19(17,18)15(3-4-16)6-10(12)13/h1-2,5,10,16H,3-4,6,14H2. The maximum Gasteiger partial charge on any atom is 0.252 e. The van der Waals surface area contributed by atoms with Crippen LogP contribution < -0.4 is 5.73 Å². The molecule has 0 aromatic heterocycles. The largest absolute Gasteiger partial charge is 0.398 e. The molecule has 0 aliphatic rings. The molecule has 0 spiro atoms. The average molecular weight is 315 g/mol. The third kappa shape index (κ3) is 4.00. The lowest BCUT2D eigenvalue weighted by Crippen LogP contribution is -2.37. The summed E-state index contributed by atoms with van der Waals surface area (Å²) in [7, 11) is -4.14. The van der Waals surface area contributed by atoms with E-state index in [1.807, 2.05) is 0 Å². The van der Waals surface area contributed by atoms with Gasteiger partial charge in [-0.15, -0.1) is 0 Å². The fraction of sp³-hybridized carbons (Fsp3) is 0.400. The molecule has 0 unspecified atom stereocenters. The monoisotopic (exact) mass is 314 g/mol. The van der Waals surface area contributed by atoms with E-state index in [-0.39, 0.29) is 15.6 Å². The predicted octanol–water partition coefficient (Wildman–Crippen LogP) is 1.17. The molecular weight excluding hydrogens is 302 g/mol. The first kappa shape index (κ1) is 16.1. The highest BCUT2D eigenvalue weighted by Gasteiger charge is 2.27. The van der Waals surface area contributed by atoms with Crippen molar-refractivity contribution in [1.82, 2.24) is 4.31 Å². The molecule has 1 aromatic rings. The lowest BCUT2D eigenvalue weighted by atomic mass is 10.3. The molecule has 9 heteroatoms. The summed E-state index contributed by atoms with van der Waals surface area (Å²) >= 11 is 5.70. The molecule has 0 bridgehead atoms. The molecule has 108 valence electrons. The normalized spacial score (nSPS) is 12.3. The second-order valence-corrected chi connectivity index (χ2v) is 6.01. The molecule has 1 aromatic carbocycles. The Morgan fingerprint density at radius 3 is 2.53 bits per heavy atom. The minimum absolute atomic E-state index is 0.0158. The lowest BCUT2D eigenvalue weighted by Gasteiger charge is -2.21. The molecule has 0 radical (unpaired) electrons. The van der Waals surface area contributed by atoms with Gasteiger partial charge in [-0.3, -0.25) is 0 Å². The molecule has 19 heavy (non-hydrogen) atoms. The van der Waals surface area contributed by atoms with Gasteiger partial charge in [0.15, 0.2) is 0 Å². The molecular formula is C10H13ClF2N2O3S. The zero-order chi connectivity index (χ0) is 14.6. The molecule has 0 atom stereocenters. The summed E-state index contributed by atoms with van der Waals surface area (Å²) in [6, 6.07) is 3.53. The highest BCUT2D eigenvalue weighted by molar-refractivity contribution is 7.89. The van der Waals surface area contributed by atoms with Crippen LogP contribution in [0.2, 0.25) is 5.02 Å². The number of benzene rings is 1. The first-order valence-electron chi connectivity index (χ1n) is 5.23. The molecule has 0 saturated carbocycles. The number of nitrogens with two attached hydrogens (primary N) is 1. The molecule has 0 fully saturated rings. The van der Waals surface area contributed by atoms with Gasteiger partial charge < -0.3 is 10.8 Å². The van der Waals surface area contributed by atoms with Crippen LogP contribution in [0.5, 0.6) is 0 Å². The fourth-order valence-corrected chi connectivity index (χ4v) is 3.07. The topological polar surface area (TPSA) is 83.6 Å². The van der Waals surface area contributed by atoms with Crippen molar-refractivity contribution in [2.45, 2.75) is 11.3 Å². The van der Waals surface area contributed by atoms with E-state index in [9.17, 15) is 17.2 Å². The van der Waals surface area contributed by atoms with E-state index in [4.69, 9.17) is 22.4 Å². The van der Waals surface area contributed by atoms with Crippen LogP contribution >= 0.6 is 11.6 Å². The van der Waals surface area contributed by atoms with Crippen molar-refractivity contribution in [2.75, 3.05) is 25.4 Å². The molecule has 1 rings (SSSR count). The zero-order valence-corrected chi connectivity index (χ0v) is 11.3. The van der Waals surface area contributed by atoms with Crippen LogP contribution in [0, 0.1) is 0 Å². The van der Waals surface area contributed by atoms with Crippen molar-refractivity contribution in [2.24, 2.45) is 0 Å². The quantitative estimate of drug-likeness (QED) is 0.772. The van der Waals surface area contributed by atoms with E-state index in [1.54, 1.807) is 0 Å². The summed E-state index contributed by atoms with van der Waals surface area (Å²) in [5.74, 6) is 0. The predicted molar refractivity (Wildman–Crippen MR) is 67.7 cm³/mol. The van der Waals surface area contributed by atoms with Gasteiger partial charge in [-0.2, -0.15) is 4.31 Å². The summed E-state index contributed by atoms with van der Waals surface area (Å²) in [6.07, 6.45) is -2.84. The number of halogens is 3. The number of sulfonamides is 1. The maximum atomic E-state index is 12.4. The van der Waals surface area contributed by atoms with Gasteiger partial charge in [0.05, 0.1) is 28.8 Å². The Morgan fingerprint density at radius 1 is 1.42 bits per heavy atom. The number of aliphatic hydroxyl groups excluding tert-OH is 1. The van der Waals surface area contributed by atoms with Crippen molar-refractivity contribution in [3.8, 4) is 0 Å². The lowest BCUT2D eigenvalue weighted by molar-refractivity contribution is 0.113. The van der Waals surface area contributed by atoms with Gasteiger partial charge in [0.25, 0.3) is 6.43 Å². The molecule has 3 N–H and O–H groups in total. The SMILES string of the molecule is Nc1ccc(S(=O)(=O)N(CCO)CC(F)F)cc1Cl. The fourth-order valence-electron chi connectivity index (χ4n) is 1.39. The van der Waals surface area contributed by atoms with Gasteiger partial charge in [0.2, 0.25) is 10.0 Å². The van der Waals surface area contributed by atoms with Crippen molar-refractivity contribution in [1.29, 1.82) is 0 Å². The molecule has 0 heterocycles. The number of hydrogen-bond donors (Lipinski definition) is 2. The van der Waals surface area contributed by atoms with E-state index in [0.717, 1.165) is 6.07 Å². The number of nitrogen functional groups attached to an aromatic ring is 1. The molecule has 0 aliphatic heterocycles. The summed E-state index contributed by atoms with van der Waals surface area (Å²) < 4.78 is 49.4. The van der Waals surface area contributed by atoms with Crippen LogP contribution in [0.25, 0.3) is 0 Å². The Morgan fingerprint density at radius 2 is 2.05 bits per heavy atom. The van der Waals surface area contributed by atoms with Crippen molar-refractivity contribution in [3.63, 3.8) is 0 Å². The summed E-state index contributed by atoms with van der Waals surface area (Å²) in [5, 5.41) is 8.78. The van der Waals surface area contributed by atoms with E-state index in [2.05, 4.69) is 0 Å². The smallest absolute Gasteiger partial charge is 0.252 e. The first-order valence-corrected chi connectivity index (χ1v) is 7.05. The van der Waals surface area contributed by atoms with Gasteiger partial charge in [-0.25, -0.2) is 17.2 Å². The van der Waals surface area contributed by atoms with E-state index < -0.39 is 36.1 Å². The second-order valence-electron chi connectivity index (χ2n) is 3.66. The Balaban J connectivity index is 3.14. The van der Waals surface area contributed by atoms with Gasteiger partial charge in [-0.1, -0.05) is 11.6 Å². The Kier molecular flexibility index (Phi) is 5.48. The summed E-state index contributed by atoms with van der Waals surface area (Å²) in [6.45, 7) is -1.98. The summed E-state index contributed by atoms with van der Waals surface area (Å²) in [4.78, 5) is -0.249. The minimum Gasteiger partial charge on any atom is -0.398 e. The highest BCUT2D eigenvalue weighted by atomic mass is 35.5. The first-order chi connectivity index (χ1) is 8.78. The number of alkyl halides is 2. The molecule has 0 aliphatic carbocycles. The Labute approximate surface area is 114 Å². The Hall–Kier alpha value is -0.960. The summed E-state index contributed by atoms with van der Waals surface area (Å²) in [5.41, 5.74) is 5.63. The van der Waals surface area contributed by atoms with Crippen LogP contribution in [0.1, 0.15) is 0 Å². The third-order valence-electron chi connectivity index (χ3n) is 2.30. The highest BCUT2D eigenvalue weighted by Crippen LogP contribution is 2.24. The number of anilines is 1. The van der Waals surface area contributed by atoms with Gasteiger partial charge in [-0.05, 0) is 18.2 Å². The van der Waals surface area contributed by atoms with Gasteiger partial charge in [0.1, 0.15) is 0 Å². The van der Waals surface area contributed by atoms with Crippen molar-refractivity contribution in [3.05, 3.63) is 23.2 Å². The number of hydrogen-bond acceptors (Lipinski definition) is 4. The maximum absolute atomic E-state index is 12.4. The number of nitrogens with zero attached hydrogens (tertiary/aromatic N) is 1. The number of rotatable bonds is 6. The average Bonchev–Trinajstić information content (AvgIpc) is 2.31. The second kappa shape index (κ2) is 6.47. The van der Waals surface area contributed by atoms with Crippen LogP contribution in [0.4, 0.5) is 14.5 Å². The van der Waals surface area contributed by atoms with Crippen molar-refractivity contribution >= 4 is 27.3 Å². The van der Waals surface area contributed by atoms with Crippen LogP contribution in [0.3, 0.4) is 0 Å². The van der Waals surface area contributed by atoms with Crippen molar-refractivity contribution < 1.29 is 22.3 Å². The zero-order valence-electron chi connectivity index (χ0n) is 9.76. The van der Waals surface area contributed by atoms with Crippen LogP contribution in [-0.4, -0.2) is 44.0 Å². The van der Waals surface area contributed by atoms with Crippen LogP contribution in [-0.2, 0) is 10.0 Å². The van der Waals surface area contributed by atoms with Gasteiger partial charge >= 0.3 is 0 Å². The third-order valence-corrected chi connectivity index (χ3v) is 4.49. The van der Waals surface area contributed by atoms with E-state index in [1.165, 1.54) is 12.1 Å². The van der Waals surface area contributed by atoms with E-state index in [0.29, 0.717) is 4.31 Å². The van der Waals surface area contributed by atoms with Gasteiger partial charge in [0, 0.05) is 6.54 Å². The molecule has 5 nitrogen and oxygen atoms in total.